The summed E-state index contributed by atoms with van der Waals surface area (Å²) in [6, 6.07) is 2.11. The molecule has 3 rings (SSSR count). The van der Waals surface area contributed by atoms with Crippen molar-refractivity contribution in [3.8, 4) is 0 Å². The van der Waals surface area contributed by atoms with Crippen molar-refractivity contribution in [2.24, 2.45) is 0 Å². The molecule has 2 fully saturated rings. The summed E-state index contributed by atoms with van der Waals surface area (Å²) < 4.78 is 12.0. The zero-order chi connectivity index (χ0) is 16.3. The van der Waals surface area contributed by atoms with Crippen molar-refractivity contribution in [2.75, 3.05) is 31.7 Å². The van der Waals surface area contributed by atoms with E-state index in [9.17, 15) is 4.79 Å². The highest BCUT2D eigenvalue weighted by Crippen LogP contribution is 2.35. The van der Waals surface area contributed by atoms with Gasteiger partial charge in [0.15, 0.2) is 0 Å². The van der Waals surface area contributed by atoms with E-state index in [1.54, 1.807) is 11.8 Å². The second-order valence-corrected chi connectivity index (χ2v) is 7.38. The molecule has 0 unspecified atom stereocenters. The third-order valence-corrected chi connectivity index (χ3v) is 4.98. The molecule has 0 saturated carbocycles. The van der Waals surface area contributed by atoms with E-state index in [1.807, 2.05) is 30.5 Å². The van der Waals surface area contributed by atoms with Gasteiger partial charge in [-0.25, -0.2) is 0 Å². The fourth-order valence-electron chi connectivity index (χ4n) is 3.30. The minimum Gasteiger partial charge on any atom is -0.373 e. The maximum atomic E-state index is 11.9. The average Bonchev–Trinajstić information content (AvgIpc) is 2.51. The van der Waals surface area contributed by atoms with Crippen molar-refractivity contribution in [3.63, 3.8) is 0 Å². The minimum absolute atomic E-state index is 0.179. The molecule has 1 amide bonds. The topological polar surface area (TPSA) is 51.7 Å². The fraction of sp³-hybridized carbons (Fsp3) is 0.647. The molecule has 1 aromatic heterocycles. The van der Waals surface area contributed by atoms with Gasteiger partial charge in [0.2, 0.25) is 5.91 Å². The number of nitrogens with zero attached hydrogens (tertiary/aromatic N) is 2. The van der Waals surface area contributed by atoms with Crippen LogP contribution in [0.15, 0.2) is 18.5 Å². The summed E-state index contributed by atoms with van der Waals surface area (Å²) in [7, 11) is 0. The van der Waals surface area contributed by atoms with Crippen LogP contribution in [0.25, 0.3) is 0 Å². The van der Waals surface area contributed by atoms with E-state index in [4.69, 9.17) is 9.47 Å². The predicted octanol–water partition coefficient (Wildman–Crippen LogP) is 2.03. The molecule has 0 N–H and O–H groups in total. The van der Waals surface area contributed by atoms with Crippen molar-refractivity contribution in [2.45, 2.75) is 38.1 Å². The molecule has 6 heteroatoms. The smallest absolute Gasteiger partial charge is 0.232 e. The van der Waals surface area contributed by atoms with Gasteiger partial charge in [0.25, 0.3) is 0 Å². The van der Waals surface area contributed by atoms with Crippen molar-refractivity contribution >= 4 is 17.7 Å². The lowest BCUT2D eigenvalue weighted by atomic mass is 9.84. The molecule has 0 bridgehead atoms. The molecular formula is C17H24N2O3S. The second-order valence-electron chi connectivity index (χ2n) is 6.51. The third-order valence-electron chi connectivity index (χ3n) is 4.44. The number of carbonyl (C=O) groups is 1. The first-order valence-electron chi connectivity index (χ1n) is 8.03. The Labute approximate surface area is 141 Å². The van der Waals surface area contributed by atoms with E-state index in [1.165, 1.54) is 0 Å². The molecule has 1 spiro atoms. The summed E-state index contributed by atoms with van der Waals surface area (Å²) in [6.45, 7) is 4.75. The number of aromatic nitrogens is 1. The van der Waals surface area contributed by atoms with E-state index in [-0.39, 0.29) is 17.6 Å². The van der Waals surface area contributed by atoms with Gasteiger partial charge in [-0.3, -0.25) is 9.78 Å². The van der Waals surface area contributed by atoms with Crippen molar-refractivity contribution in [1.29, 1.82) is 0 Å². The highest BCUT2D eigenvalue weighted by atomic mass is 32.2. The third kappa shape index (κ3) is 4.05. The summed E-state index contributed by atoms with van der Waals surface area (Å²) >= 11 is 1.57. The quantitative estimate of drug-likeness (QED) is 0.823. The minimum atomic E-state index is -0.179. The Bertz CT molecular complexity index is 561. The van der Waals surface area contributed by atoms with Gasteiger partial charge >= 0.3 is 0 Å². The van der Waals surface area contributed by atoms with E-state index in [2.05, 4.69) is 11.1 Å². The second kappa shape index (κ2) is 7.20. The molecule has 126 valence electrons. The largest absolute Gasteiger partial charge is 0.373 e. The summed E-state index contributed by atoms with van der Waals surface area (Å²) in [6.07, 6.45) is 7.64. The highest BCUT2D eigenvalue weighted by Gasteiger charge is 2.49. The van der Waals surface area contributed by atoms with Crippen LogP contribution in [-0.4, -0.2) is 59.2 Å². The van der Waals surface area contributed by atoms with Crippen LogP contribution in [0.5, 0.6) is 0 Å². The van der Waals surface area contributed by atoms with E-state index in [0.717, 1.165) is 24.0 Å². The van der Waals surface area contributed by atoms with Gasteiger partial charge in [0, 0.05) is 25.4 Å². The Hall–Kier alpha value is -1.11. The molecule has 23 heavy (non-hydrogen) atoms. The van der Waals surface area contributed by atoms with Crippen molar-refractivity contribution < 1.29 is 14.3 Å². The van der Waals surface area contributed by atoms with Gasteiger partial charge in [-0.15, -0.1) is 0 Å². The SMILES string of the molecule is CSCC(=O)N1CC2(C[C@H](OCc3cncc(C)c3)CCO2)C1. The number of ether oxygens (including phenoxy) is 2. The van der Waals surface area contributed by atoms with Crippen LogP contribution in [-0.2, 0) is 20.9 Å². The molecule has 2 aliphatic heterocycles. The summed E-state index contributed by atoms with van der Waals surface area (Å²) in [4.78, 5) is 18.0. The lowest BCUT2D eigenvalue weighted by Gasteiger charge is -2.53. The lowest BCUT2D eigenvalue weighted by molar-refractivity contribution is -0.201. The first kappa shape index (κ1) is 16.7. The monoisotopic (exact) mass is 336 g/mol. The Morgan fingerprint density at radius 3 is 3.09 bits per heavy atom. The molecule has 1 aromatic rings. The first-order valence-corrected chi connectivity index (χ1v) is 9.42. The molecule has 5 nitrogen and oxygen atoms in total. The Morgan fingerprint density at radius 2 is 2.35 bits per heavy atom. The van der Waals surface area contributed by atoms with Crippen LogP contribution in [0, 0.1) is 6.92 Å². The standard InChI is InChI=1S/C17H24N2O3S/c1-13-5-14(8-18-7-13)9-21-15-3-4-22-17(6-15)11-19(12-17)16(20)10-23-2/h5,7-8,15H,3-4,6,9-12H2,1-2H3/t15-/m1/s1. The number of thioether (sulfide) groups is 1. The molecule has 2 saturated heterocycles. The molecule has 3 heterocycles. The van der Waals surface area contributed by atoms with E-state index in [0.29, 0.717) is 32.1 Å². The number of amides is 1. The zero-order valence-electron chi connectivity index (χ0n) is 13.8. The van der Waals surface area contributed by atoms with Crippen LogP contribution < -0.4 is 0 Å². The van der Waals surface area contributed by atoms with Crippen LogP contribution in [0.2, 0.25) is 0 Å². The van der Waals surface area contributed by atoms with Crippen LogP contribution >= 0.6 is 11.8 Å². The number of carbonyl (C=O) groups excluding carboxylic acids is 1. The van der Waals surface area contributed by atoms with Gasteiger partial charge < -0.3 is 14.4 Å². The van der Waals surface area contributed by atoms with E-state index >= 15 is 0 Å². The van der Waals surface area contributed by atoms with Gasteiger partial charge in [0.05, 0.1) is 31.6 Å². The predicted molar refractivity (Wildman–Crippen MR) is 90.4 cm³/mol. The molecule has 0 aromatic carbocycles. The van der Waals surface area contributed by atoms with Crippen LogP contribution in [0.4, 0.5) is 0 Å². The van der Waals surface area contributed by atoms with Crippen LogP contribution in [0.3, 0.4) is 0 Å². The summed E-state index contributed by atoms with van der Waals surface area (Å²) in [5.41, 5.74) is 2.08. The number of aryl methyl sites for hydroxylation is 1. The van der Waals surface area contributed by atoms with Gasteiger partial charge in [-0.2, -0.15) is 11.8 Å². The molecule has 0 radical (unpaired) electrons. The normalized spacial score (nSPS) is 22.9. The number of hydrogen-bond acceptors (Lipinski definition) is 5. The van der Waals surface area contributed by atoms with Gasteiger partial charge in [-0.1, -0.05) is 6.07 Å². The Balaban J connectivity index is 1.49. The molecule has 0 aliphatic carbocycles. The van der Waals surface area contributed by atoms with Gasteiger partial charge in [-0.05, 0) is 30.7 Å². The first-order chi connectivity index (χ1) is 11.1. The molecular weight excluding hydrogens is 312 g/mol. The molecule has 2 aliphatic rings. The molecule has 1 atom stereocenters. The Kier molecular flexibility index (Phi) is 5.24. The number of rotatable bonds is 5. The fourth-order valence-corrected chi connectivity index (χ4v) is 3.73. The Morgan fingerprint density at radius 1 is 1.52 bits per heavy atom. The van der Waals surface area contributed by atoms with Crippen molar-refractivity contribution in [1.82, 2.24) is 9.88 Å². The maximum absolute atomic E-state index is 11.9. The maximum Gasteiger partial charge on any atom is 0.232 e. The number of hydrogen-bond donors (Lipinski definition) is 0. The van der Waals surface area contributed by atoms with Crippen LogP contribution in [0.1, 0.15) is 24.0 Å². The zero-order valence-corrected chi connectivity index (χ0v) is 14.6. The summed E-state index contributed by atoms with van der Waals surface area (Å²) in [5, 5.41) is 0. The van der Waals surface area contributed by atoms with E-state index < -0.39 is 0 Å². The average molecular weight is 336 g/mol. The van der Waals surface area contributed by atoms with Crippen molar-refractivity contribution in [3.05, 3.63) is 29.6 Å². The highest BCUT2D eigenvalue weighted by molar-refractivity contribution is 7.99. The number of likely N-dealkylation sites (tertiary alicyclic amines) is 1. The summed E-state index contributed by atoms with van der Waals surface area (Å²) in [5.74, 6) is 0.761. The number of pyridine rings is 1. The van der Waals surface area contributed by atoms with Gasteiger partial charge in [0.1, 0.15) is 5.60 Å². The lowest BCUT2D eigenvalue weighted by Crippen LogP contribution is -2.67.